The average molecular weight is 328 g/mol. The van der Waals surface area contributed by atoms with Crippen LogP contribution in [0.4, 0.5) is 4.79 Å². The molecular weight excluding hydrogens is 310 g/mol. The van der Waals surface area contributed by atoms with Crippen LogP contribution >= 0.6 is 15.9 Å². The zero-order chi connectivity index (χ0) is 14.4. The molecular formula is C13H18BrN3O2. The molecule has 3 amide bonds. The number of hydrogen-bond acceptors (Lipinski definition) is 2. The van der Waals surface area contributed by atoms with E-state index in [1.807, 2.05) is 24.3 Å². The van der Waals surface area contributed by atoms with Gasteiger partial charge in [0.2, 0.25) is 5.91 Å². The molecule has 0 heterocycles. The Kier molecular flexibility index (Phi) is 5.82. The van der Waals surface area contributed by atoms with Crippen LogP contribution in [0.3, 0.4) is 0 Å². The first-order chi connectivity index (χ1) is 8.91. The summed E-state index contributed by atoms with van der Waals surface area (Å²) in [6.07, 6.45) is 0. The van der Waals surface area contributed by atoms with Crippen molar-refractivity contribution in [2.45, 2.75) is 19.5 Å². The highest BCUT2D eigenvalue weighted by Gasteiger charge is 2.16. The fourth-order valence-electron chi connectivity index (χ4n) is 1.51. The number of hydrogen-bond donors (Lipinski definition) is 2. The maximum absolute atomic E-state index is 11.7. The van der Waals surface area contributed by atoms with Gasteiger partial charge in [-0.3, -0.25) is 4.79 Å². The van der Waals surface area contributed by atoms with Crippen molar-refractivity contribution in [3.63, 3.8) is 0 Å². The summed E-state index contributed by atoms with van der Waals surface area (Å²) >= 11 is 3.41. The summed E-state index contributed by atoms with van der Waals surface area (Å²) in [6, 6.07) is 6.72. The van der Waals surface area contributed by atoms with E-state index in [0.717, 1.165) is 10.0 Å². The second-order valence-corrected chi connectivity index (χ2v) is 5.23. The SMILES string of the molecule is C[C@H](NC(=O)NCc1ccccc1Br)C(=O)N(C)C. The van der Waals surface area contributed by atoms with Crippen LogP contribution in [0.2, 0.25) is 0 Å². The minimum Gasteiger partial charge on any atom is -0.347 e. The van der Waals surface area contributed by atoms with E-state index in [4.69, 9.17) is 0 Å². The lowest BCUT2D eigenvalue weighted by Crippen LogP contribution is -2.47. The van der Waals surface area contributed by atoms with Crippen LogP contribution in [0.15, 0.2) is 28.7 Å². The zero-order valence-electron chi connectivity index (χ0n) is 11.2. The first-order valence-corrected chi connectivity index (χ1v) is 6.70. The van der Waals surface area contributed by atoms with Crippen LogP contribution in [0.5, 0.6) is 0 Å². The van der Waals surface area contributed by atoms with Crippen LogP contribution in [0.1, 0.15) is 12.5 Å². The molecule has 0 aliphatic heterocycles. The molecule has 0 bridgehead atoms. The number of nitrogens with one attached hydrogen (secondary N) is 2. The van der Waals surface area contributed by atoms with Crippen molar-refractivity contribution in [3.05, 3.63) is 34.3 Å². The van der Waals surface area contributed by atoms with Gasteiger partial charge < -0.3 is 15.5 Å². The summed E-state index contributed by atoms with van der Waals surface area (Å²) in [5, 5.41) is 5.31. The molecule has 0 aromatic heterocycles. The highest BCUT2D eigenvalue weighted by atomic mass is 79.9. The second kappa shape index (κ2) is 7.13. The molecule has 0 aliphatic carbocycles. The van der Waals surface area contributed by atoms with Crippen LogP contribution in [-0.4, -0.2) is 37.0 Å². The summed E-state index contributed by atoms with van der Waals surface area (Å²) in [6.45, 7) is 2.05. The van der Waals surface area contributed by atoms with Gasteiger partial charge in [-0.1, -0.05) is 34.1 Å². The van der Waals surface area contributed by atoms with Crippen molar-refractivity contribution < 1.29 is 9.59 Å². The Balaban J connectivity index is 2.44. The molecule has 0 spiro atoms. The Bertz CT molecular complexity index is 463. The normalized spacial score (nSPS) is 11.6. The third-order valence-corrected chi connectivity index (χ3v) is 3.33. The lowest BCUT2D eigenvalue weighted by molar-refractivity contribution is -0.130. The highest BCUT2D eigenvalue weighted by molar-refractivity contribution is 9.10. The molecule has 0 aliphatic rings. The number of urea groups is 1. The zero-order valence-corrected chi connectivity index (χ0v) is 12.8. The Labute approximate surface area is 121 Å². The van der Waals surface area contributed by atoms with E-state index in [9.17, 15) is 9.59 Å². The van der Waals surface area contributed by atoms with E-state index in [1.54, 1.807) is 21.0 Å². The van der Waals surface area contributed by atoms with Crippen molar-refractivity contribution in [2.24, 2.45) is 0 Å². The minimum atomic E-state index is -0.547. The Morgan fingerprint density at radius 2 is 1.95 bits per heavy atom. The number of carbonyl (C=O) groups excluding carboxylic acids is 2. The van der Waals surface area contributed by atoms with Crippen LogP contribution < -0.4 is 10.6 Å². The Morgan fingerprint density at radius 3 is 2.53 bits per heavy atom. The Hall–Kier alpha value is -1.56. The predicted octanol–water partition coefficient (Wildman–Crippen LogP) is 1.73. The van der Waals surface area contributed by atoms with E-state index in [0.29, 0.717) is 6.54 Å². The molecule has 0 radical (unpaired) electrons. The lowest BCUT2D eigenvalue weighted by Gasteiger charge is -2.18. The van der Waals surface area contributed by atoms with Gasteiger partial charge in [0.25, 0.3) is 0 Å². The fourth-order valence-corrected chi connectivity index (χ4v) is 1.94. The van der Waals surface area contributed by atoms with Crippen LogP contribution in [-0.2, 0) is 11.3 Å². The molecule has 104 valence electrons. The molecule has 5 nitrogen and oxygen atoms in total. The largest absolute Gasteiger partial charge is 0.347 e. The highest BCUT2D eigenvalue weighted by Crippen LogP contribution is 2.15. The van der Waals surface area contributed by atoms with Gasteiger partial charge >= 0.3 is 6.03 Å². The van der Waals surface area contributed by atoms with Crippen molar-refractivity contribution >= 4 is 27.9 Å². The third-order valence-electron chi connectivity index (χ3n) is 2.56. The minimum absolute atomic E-state index is 0.143. The number of halogens is 1. The van der Waals surface area contributed by atoms with E-state index in [1.165, 1.54) is 4.90 Å². The van der Waals surface area contributed by atoms with Crippen molar-refractivity contribution in [2.75, 3.05) is 14.1 Å². The molecule has 0 fully saturated rings. The van der Waals surface area contributed by atoms with Crippen molar-refractivity contribution in [3.8, 4) is 0 Å². The number of nitrogens with zero attached hydrogens (tertiary/aromatic N) is 1. The lowest BCUT2D eigenvalue weighted by atomic mass is 10.2. The molecule has 1 aromatic carbocycles. The van der Waals surface area contributed by atoms with Gasteiger partial charge in [0.15, 0.2) is 0 Å². The quantitative estimate of drug-likeness (QED) is 0.884. The Morgan fingerprint density at radius 1 is 1.32 bits per heavy atom. The molecule has 0 saturated carbocycles. The molecule has 0 saturated heterocycles. The first-order valence-electron chi connectivity index (χ1n) is 5.90. The third kappa shape index (κ3) is 4.90. The smallest absolute Gasteiger partial charge is 0.315 e. The van der Waals surface area contributed by atoms with Gasteiger partial charge in [0.05, 0.1) is 0 Å². The molecule has 1 atom stereocenters. The van der Waals surface area contributed by atoms with Crippen molar-refractivity contribution in [1.29, 1.82) is 0 Å². The number of amides is 3. The van der Waals surface area contributed by atoms with Gasteiger partial charge in [-0.25, -0.2) is 4.79 Å². The standard InChI is InChI=1S/C13H18BrN3O2/c1-9(12(18)17(2)3)16-13(19)15-8-10-6-4-5-7-11(10)14/h4-7,9H,8H2,1-3H3,(H2,15,16,19)/t9-/m0/s1. The molecule has 2 N–H and O–H groups in total. The monoisotopic (exact) mass is 327 g/mol. The van der Waals surface area contributed by atoms with Crippen LogP contribution in [0.25, 0.3) is 0 Å². The van der Waals surface area contributed by atoms with E-state index >= 15 is 0 Å². The molecule has 6 heteroatoms. The predicted molar refractivity (Wildman–Crippen MR) is 77.7 cm³/mol. The fraction of sp³-hybridized carbons (Fsp3) is 0.385. The van der Waals surface area contributed by atoms with Crippen molar-refractivity contribution in [1.82, 2.24) is 15.5 Å². The summed E-state index contributed by atoms with van der Waals surface area (Å²) < 4.78 is 0.938. The second-order valence-electron chi connectivity index (χ2n) is 4.37. The van der Waals surface area contributed by atoms with E-state index in [2.05, 4.69) is 26.6 Å². The number of benzene rings is 1. The van der Waals surface area contributed by atoms with Gasteiger partial charge in [0.1, 0.15) is 6.04 Å². The molecule has 1 aromatic rings. The van der Waals surface area contributed by atoms with E-state index in [-0.39, 0.29) is 11.9 Å². The summed E-state index contributed by atoms with van der Waals surface area (Å²) in [7, 11) is 3.30. The summed E-state index contributed by atoms with van der Waals surface area (Å²) in [5.41, 5.74) is 0.976. The van der Waals surface area contributed by atoms with Crippen LogP contribution in [0, 0.1) is 0 Å². The molecule has 19 heavy (non-hydrogen) atoms. The van der Waals surface area contributed by atoms with Gasteiger partial charge in [-0.15, -0.1) is 0 Å². The number of carbonyl (C=O) groups is 2. The number of likely N-dealkylation sites (N-methyl/N-ethyl adjacent to an activating group) is 1. The van der Waals surface area contributed by atoms with Gasteiger partial charge in [0, 0.05) is 25.1 Å². The maximum Gasteiger partial charge on any atom is 0.315 e. The molecule has 1 rings (SSSR count). The van der Waals surface area contributed by atoms with Gasteiger partial charge in [-0.05, 0) is 18.6 Å². The average Bonchev–Trinajstić information content (AvgIpc) is 2.36. The first kappa shape index (κ1) is 15.5. The topological polar surface area (TPSA) is 61.4 Å². The number of rotatable bonds is 4. The maximum atomic E-state index is 11.7. The van der Waals surface area contributed by atoms with E-state index < -0.39 is 6.04 Å². The summed E-state index contributed by atoms with van der Waals surface area (Å²) in [5.74, 6) is -0.143. The van der Waals surface area contributed by atoms with Gasteiger partial charge in [-0.2, -0.15) is 0 Å². The molecule has 0 unspecified atom stereocenters. The summed E-state index contributed by atoms with van der Waals surface area (Å²) in [4.78, 5) is 24.7.